The molecule has 1 aromatic heterocycles. The third-order valence-electron chi connectivity index (χ3n) is 3.57. The molecule has 0 radical (unpaired) electrons. The number of anilines is 1. The molecular formula is C13H14ClFN4O. The first kappa shape index (κ1) is 13.3. The molecule has 2 unspecified atom stereocenters. The zero-order valence-corrected chi connectivity index (χ0v) is 11.6. The Hall–Kier alpha value is -1.66. The zero-order valence-electron chi connectivity index (χ0n) is 10.9. The minimum Gasteiger partial charge on any atom is -0.373 e. The Morgan fingerprint density at radius 2 is 2.25 bits per heavy atom. The van der Waals surface area contributed by atoms with Crippen molar-refractivity contribution >= 4 is 17.5 Å². The molecule has 1 aliphatic heterocycles. The molecule has 5 nitrogen and oxygen atoms in total. The summed E-state index contributed by atoms with van der Waals surface area (Å²) in [6, 6.07) is 4.64. The van der Waals surface area contributed by atoms with Gasteiger partial charge in [0.2, 0.25) is 5.95 Å². The van der Waals surface area contributed by atoms with Crippen molar-refractivity contribution in [3.05, 3.63) is 40.4 Å². The number of benzene rings is 1. The third-order valence-corrected chi connectivity index (χ3v) is 3.86. The van der Waals surface area contributed by atoms with Crippen molar-refractivity contribution in [1.82, 2.24) is 14.8 Å². The fourth-order valence-electron chi connectivity index (χ4n) is 2.61. The molecule has 0 fully saturated rings. The Kier molecular flexibility index (Phi) is 3.35. The standard InChI is InChI=1S/C13H14ClFN4O/c1-20-11-5-4-10(19-12(11)17-13(16)18-19)7-2-3-9(15)8(14)6-7/h2-3,6,10-11H,4-5H2,1H3,(H2,16,18). The van der Waals surface area contributed by atoms with E-state index in [1.165, 1.54) is 6.07 Å². The average molecular weight is 297 g/mol. The van der Waals surface area contributed by atoms with Crippen LogP contribution in [-0.4, -0.2) is 21.9 Å². The highest BCUT2D eigenvalue weighted by atomic mass is 35.5. The molecule has 106 valence electrons. The SMILES string of the molecule is COC1CCC(c2ccc(F)c(Cl)c2)n2nc(N)nc21. The number of rotatable bonds is 2. The van der Waals surface area contributed by atoms with Crippen molar-refractivity contribution in [2.24, 2.45) is 0 Å². The van der Waals surface area contributed by atoms with E-state index < -0.39 is 5.82 Å². The van der Waals surface area contributed by atoms with Crippen LogP contribution in [0.4, 0.5) is 10.3 Å². The molecule has 0 saturated heterocycles. The second-order valence-corrected chi connectivity index (χ2v) is 5.17. The summed E-state index contributed by atoms with van der Waals surface area (Å²) in [5, 5.41) is 4.33. The first-order valence-corrected chi connectivity index (χ1v) is 6.67. The minimum absolute atomic E-state index is 0.0562. The lowest BCUT2D eigenvalue weighted by molar-refractivity contribution is 0.0649. The molecule has 1 aromatic carbocycles. The smallest absolute Gasteiger partial charge is 0.239 e. The molecule has 0 spiro atoms. The van der Waals surface area contributed by atoms with Gasteiger partial charge in [-0.1, -0.05) is 17.7 Å². The van der Waals surface area contributed by atoms with Gasteiger partial charge in [0.1, 0.15) is 11.9 Å². The lowest BCUT2D eigenvalue weighted by Gasteiger charge is -2.28. The van der Waals surface area contributed by atoms with Crippen LogP contribution < -0.4 is 5.73 Å². The van der Waals surface area contributed by atoms with E-state index in [2.05, 4.69) is 10.1 Å². The summed E-state index contributed by atoms with van der Waals surface area (Å²) < 4.78 is 20.4. The number of ether oxygens (including phenoxy) is 1. The summed E-state index contributed by atoms with van der Waals surface area (Å²) in [5.41, 5.74) is 6.57. The maximum absolute atomic E-state index is 13.3. The van der Waals surface area contributed by atoms with Gasteiger partial charge in [0, 0.05) is 7.11 Å². The maximum Gasteiger partial charge on any atom is 0.239 e. The van der Waals surface area contributed by atoms with Gasteiger partial charge in [0.15, 0.2) is 5.82 Å². The summed E-state index contributed by atoms with van der Waals surface area (Å²) in [4.78, 5) is 4.22. The Morgan fingerprint density at radius 3 is 2.95 bits per heavy atom. The first-order valence-electron chi connectivity index (χ1n) is 6.30. The number of hydrogen-bond acceptors (Lipinski definition) is 4. The second-order valence-electron chi connectivity index (χ2n) is 4.76. The van der Waals surface area contributed by atoms with Crippen LogP contribution in [-0.2, 0) is 4.74 Å². The van der Waals surface area contributed by atoms with Crippen LogP contribution in [0.2, 0.25) is 5.02 Å². The van der Waals surface area contributed by atoms with Crippen molar-refractivity contribution in [2.75, 3.05) is 12.8 Å². The quantitative estimate of drug-likeness (QED) is 0.925. The number of halogens is 2. The molecular weight excluding hydrogens is 283 g/mol. The molecule has 0 bridgehead atoms. The average Bonchev–Trinajstić information content (AvgIpc) is 2.82. The maximum atomic E-state index is 13.3. The lowest BCUT2D eigenvalue weighted by Crippen LogP contribution is -2.24. The summed E-state index contributed by atoms with van der Waals surface area (Å²) in [6.07, 6.45) is 1.48. The molecule has 2 aromatic rings. The van der Waals surface area contributed by atoms with Gasteiger partial charge in [-0.3, -0.25) is 0 Å². The summed E-state index contributed by atoms with van der Waals surface area (Å²) in [6.45, 7) is 0. The molecule has 2 heterocycles. The van der Waals surface area contributed by atoms with E-state index in [4.69, 9.17) is 22.1 Å². The van der Waals surface area contributed by atoms with Crippen LogP contribution >= 0.6 is 11.6 Å². The first-order chi connectivity index (χ1) is 9.60. The monoisotopic (exact) mass is 296 g/mol. The van der Waals surface area contributed by atoms with Gasteiger partial charge >= 0.3 is 0 Å². The number of hydrogen-bond donors (Lipinski definition) is 1. The van der Waals surface area contributed by atoms with Gasteiger partial charge in [-0.25, -0.2) is 9.07 Å². The largest absolute Gasteiger partial charge is 0.373 e. The van der Waals surface area contributed by atoms with Gasteiger partial charge in [0.05, 0.1) is 11.1 Å². The molecule has 0 aliphatic carbocycles. The number of fused-ring (bicyclic) bond motifs is 1. The van der Waals surface area contributed by atoms with E-state index in [1.54, 1.807) is 23.9 Å². The van der Waals surface area contributed by atoms with Gasteiger partial charge in [-0.15, -0.1) is 5.10 Å². The fraction of sp³-hybridized carbons (Fsp3) is 0.385. The topological polar surface area (TPSA) is 66.0 Å². The Morgan fingerprint density at radius 1 is 1.45 bits per heavy atom. The van der Waals surface area contributed by atoms with Crippen LogP contribution in [0, 0.1) is 5.82 Å². The molecule has 0 amide bonds. The van der Waals surface area contributed by atoms with Gasteiger partial charge < -0.3 is 10.5 Å². The fourth-order valence-corrected chi connectivity index (χ4v) is 2.80. The van der Waals surface area contributed by atoms with Crippen LogP contribution in [0.3, 0.4) is 0 Å². The van der Waals surface area contributed by atoms with Crippen molar-refractivity contribution in [2.45, 2.75) is 25.0 Å². The molecule has 7 heteroatoms. The number of nitrogen functional groups attached to an aromatic ring is 1. The predicted octanol–water partition coefficient (Wildman–Crippen LogP) is 2.72. The molecule has 0 saturated carbocycles. The van der Waals surface area contributed by atoms with E-state index in [0.717, 1.165) is 18.4 Å². The van der Waals surface area contributed by atoms with Crippen LogP contribution in [0.1, 0.15) is 36.4 Å². The highest BCUT2D eigenvalue weighted by Gasteiger charge is 2.31. The number of methoxy groups -OCH3 is 1. The molecule has 2 N–H and O–H groups in total. The van der Waals surface area contributed by atoms with E-state index in [9.17, 15) is 4.39 Å². The van der Waals surface area contributed by atoms with Gasteiger partial charge in [-0.2, -0.15) is 4.98 Å². The van der Waals surface area contributed by atoms with Crippen LogP contribution in [0.15, 0.2) is 18.2 Å². The van der Waals surface area contributed by atoms with Crippen LogP contribution in [0.5, 0.6) is 0 Å². The predicted molar refractivity (Wildman–Crippen MR) is 73.0 cm³/mol. The lowest BCUT2D eigenvalue weighted by atomic mass is 9.96. The van der Waals surface area contributed by atoms with Crippen molar-refractivity contribution in [3.8, 4) is 0 Å². The van der Waals surface area contributed by atoms with Gasteiger partial charge in [-0.05, 0) is 30.5 Å². The normalized spacial score (nSPS) is 21.8. The Balaban J connectivity index is 2.04. The zero-order chi connectivity index (χ0) is 14.3. The van der Waals surface area contributed by atoms with Gasteiger partial charge in [0.25, 0.3) is 0 Å². The molecule has 20 heavy (non-hydrogen) atoms. The second kappa shape index (κ2) is 5.03. The molecule has 2 atom stereocenters. The summed E-state index contributed by atoms with van der Waals surface area (Å²) >= 11 is 5.85. The van der Waals surface area contributed by atoms with E-state index in [-0.39, 0.29) is 23.1 Å². The number of nitrogens with zero attached hydrogens (tertiary/aromatic N) is 3. The molecule has 3 rings (SSSR count). The van der Waals surface area contributed by atoms with Crippen molar-refractivity contribution < 1.29 is 9.13 Å². The Labute approximate surface area is 120 Å². The van der Waals surface area contributed by atoms with E-state index in [1.807, 2.05) is 0 Å². The van der Waals surface area contributed by atoms with Crippen molar-refractivity contribution in [3.63, 3.8) is 0 Å². The van der Waals surface area contributed by atoms with Crippen LogP contribution in [0.25, 0.3) is 0 Å². The Bertz CT molecular complexity index is 645. The summed E-state index contributed by atoms with van der Waals surface area (Å²) in [7, 11) is 1.63. The summed E-state index contributed by atoms with van der Waals surface area (Å²) in [5.74, 6) is 0.475. The minimum atomic E-state index is -0.431. The van der Waals surface area contributed by atoms with E-state index >= 15 is 0 Å². The number of aromatic nitrogens is 3. The molecule has 1 aliphatic rings. The van der Waals surface area contributed by atoms with E-state index in [0.29, 0.717) is 5.82 Å². The highest BCUT2D eigenvalue weighted by Crippen LogP contribution is 2.37. The highest BCUT2D eigenvalue weighted by molar-refractivity contribution is 6.30. The third kappa shape index (κ3) is 2.14. The van der Waals surface area contributed by atoms with Crippen molar-refractivity contribution in [1.29, 1.82) is 0 Å². The number of nitrogens with two attached hydrogens (primary N) is 1.